The predicted molar refractivity (Wildman–Crippen MR) is 108 cm³/mol. The third-order valence-electron chi connectivity index (χ3n) is 5.68. The van der Waals surface area contributed by atoms with E-state index in [1.807, 2.05) is 26.0 Å². The Kier molecular flexibility index (Phi) is 6.88. The molecule has 2 rings (SSSR count). The molecule has 3 unspecified atom stereocenters. The van der Waals surface area contributed by atoms with Gasteiger partial charge in [0.2, 0.25) is 0 Å². The van der Waals surface area contributed by atoms with Gasteiger partial charge in [0.25, 0.3) is 0 Å². The van der Waals surface area contributed by atoms with E-state index in [4.69, 9.17) is 11.6 Å². The van der Waals surface area contributed by atoms with Crippen LogP contribution in [0.1, 0.15) is 55.1 Å². The maximum atomic E-state index is 12.0. The number of aromatic hydroxyl groups is 2. The molecule has 146 valence electrons. The highest BCUT2D eigenvalue weighted by Gasteiger charge is 2.31. The van der Waals surface area contributed by atoms with E-state index in [1.165, 1.54) is 0 Å². The van der Waals surface area contributed by atoms with Crippen LogP contribution in [0, 0.1) is 24.7 Å². The predicted octanol–water partition coefficient (Wildman–Crippen LogP) is 5.17. The fourth-order valence-electron chi connectivity index (χ4n) is 3.67. The quantitative estimate of drug-likeness (QED) is 0.537. The average Bonchev–Trinajstić information content (AvgIpc) is 2.63. The molecule has 1 aromatic rings. The molecule has 1 aliphatic carbocycles. The summed E-state index contributed by atoms with van der Waals surface area (Å²) in [5.74, 6) is 0.572. The Hall–Kier alpha value is -2.07. The first kappa shape index (κ1) is 21.2. The number of hydrogen-bond acceptors (Lipinski definition) is 4. The molecule has 0 saturated heterocycles. The number of rotatable bonds is 5. The van der Waals surface area contributed by atoms with Crippen molar-refractivity contribution in [3.05, 3.63) is 45.5 Å². The van der Waals surface area contributed by atoms with Crippen molar-refractivity contribution in [3.63, 3.8) is 0 Å². The second-order valence-corrected chi connectivity index (χ2v) is 7.88. The number of ketones is 1. The van der Waals surface area contributed by atoms with E-state index in [1.54, 1.807) is 6.92 Å². The van der Waals surface area contributed by atoms with Crippen molar-refractivity contribution in [2.75, 3.05) is 0 Å². The van der Waals surface area contributed by atoms with Crippen LogP contribution < -0.4 is 0 Å². The highest BCUT2D eigenvalue weighted by molar-refractivity contribution is 6.33. The Morgan fingerprint density at radius 2 is 1.93 bits per heavy atom. The first-order valence-corrected chi connectivity index (χ1v) is 9.62. The smallest absolute Gasteiger partial charge is 0.154 e. The maximum Gasteiger partial charge on any atom is 0.154 e. The zero-order chi connectivity index (χ0) is 20.3. The lowest BCUT2D eigenvalue weighted by atomic mass is 9.72. The molecule has 0 aliphatic heterocycles. The highest BCUT2D eigenvalue weighted by Crippen LogP contribution is 2.40. The number of hydrogen-bond donors (Lipinski definition) is 2. The van der Waals surface area contributed by atoms with Crippen molar-refractivity contribution in [3.8, 4) is 11.5 Å². The molecule has 0 radical (unpaired) electrons. The van der Waals surface area contributed by atoms with E-state index in [2.05, 4.69) is 13.0 Å². The maximum absolute atomic E-state index is 12.0. The standard InChI is InChI=1S/C22H27ClO4/c1-12(5-8-16-13(2)7-10-19(25)14(16)3)6-9-17-21(26)18(11-24)15(4)20(23)22(17)27/h5-6,8,11,13-14,16,26-27H,7,9-10H2,1-4H3/b8-5+,12-6-. The lowest BCUT2D eigenvalue weighted by molar-refractivity contribution is -0.126. The SMILES string of the molecule is CC(=C/Cc1c(O)c(Cl)c(C)c(C=O)c1O)/C=C/C1C(C)CCC(=O)C1C. The van der Waals surface area contributed by atoms with Gasteiger partial charge in [0, 0.05) is 17.9 Å². The molecule has 1 aliphatic rings. The number of aldehydes is 1. The van der Waals surface area contributed by atoms with Crippen LogP contribution in [-0.2, 0) is 11.2 Å². The molecule has 0 spiro atoms. The van der Waals surface area contributed by atoms with Crippen molar-refractivity contribution in [1.29, 1.82) is 0 Å². The molecule has 4 nitrogen and oxygen atoms in total. The summed E-state index contributed by atoms with van der Waals surface area (Å²) in [7, 11) is 0. The summed E-state index contributed by atoms with van der Waals surface area (Å²) in [5.41, 5.74) is 1.62. The van der Waals surface area contributed by atoms with Crippen molar-refractivity contribution in [2.45, 2.75) is 47.0 Å². The molecule has 0 bridgehead atoms. The first-order chi connectivity index (χ1) is 12.7. The fourth-order valence-corrected chi connectivity index (χ4v) is 3.88. The summed E-state index contributed by atoms with van der Waals surface area (Å²) in [6.07, 6.45) is 8.26. The van der Waals surface area contributed by atoms with Gasteiger partial charge in [0.1, 0.15) is 17.3 Å². The van der Waals surface area contributed by atoms with Gasteiger partial charge in [-0.1, -0.05) is 49.2 Å². The molecular weight excluding hydrogens is 364 g/mol. The number of allylic oxidation sites excluding steroid dienone is 4. The minimum atomic E-state index is -0.238. The van der Waals surface area contributed by atoms with Gasteiger partial charge in [0.05, 0.1) is 10.6 Å². The summed E-state index contributed by atoms with van der Waals surface area (Å²) in [5, 5.41) is 20.6. The van der Waals surface area contributed by atoms with Crippen LogP contribution in [-0.4, -0.2) is 22.3 Å². The van der Waals surface area contributed by atoms with Crippen molar-refractivity contribution in [1.82, 2.24) is 0 Å². The number of halogens is 1. The first-order valence-electron chi connectivity index (χ1n) is 9.24. The van der Waals surface area contributed by atoms with Crippen LogP contribution in [0.5, 0.6) is 11.5 Å². The molecule has 1 fully saturated rings. The van der Waals surface area contributed by atoms with E-state index in [0.717, 1.165) is 12.0 Å². The van der Waals surface area contributed by atoms with E-state index < -0.39 is 0 Å². The van der Waals surface area contributed by atoms with Crippen LogP contribution in [0.3, 0.4) is 0 Å². The van der Waals surface area contributed by atoms with Crippen LogP contribution in [0.15, 0.2) is 23.8 Å². The van der Waals surface area contributed by atoms with Crippen LogP contribution >= 0.6 is 11.6 Å². The number of benzene rings is 1. The van der Waals surface area contributed by atoms with Gasteiger partial charge in [-0.3, -0.25) is 9.59 Å². The number of phenols is 2. The Bertz CT molecular complexity index is 807. The number of Topliss-reactive ketones (excluding diaryl/α,β-unsaturated/α-hetero) is 1. The third-order valence-corrected chi connectivity index (χ3v) is 6.15. The van der Waals surface area contributed by atoms with Gasteiger partial charge in [0.15, 0.2) is 6.29 Å². The lowest BCUT2D eigenvalue weighted by Gasteiger charge is -2.31. The lowest BCUT2D eigenvalue weighted by Crippen LogP contribution is -2.30. The summed E-state index contributed by atoms with van der Waals surface area (Å²) >= 11 is 6.08. The fraction of sp³-hybridized carbons (Fsp3) is 0.455. The van der Waals surface area contributed by atoms with E-state index in [9.17, 15) is 19.8 Å². The van der Waals surface area contributed by atoms with Gasteiger partial charge in [-0.25, -0.2) is 0 Å². The van der Waals surface area contributed by atoms with E-state index in [0.29, 0.717) is 30.0 Å². The summed E-state index contributed by atoms with van der Waals surface area (Å²) in [6, 6.07) is 0. The van der Waals surface area contributed by atoms with Gasteiger partial charge >= 0.3 is 0 Å². The molecule has 27 heavy (non-hydrogen) atoms. The number of carbonyl (C=O) groups is 2. The molecule has 3 atom stereocenters. The largest absolute Gasteiger partial charge is 0.507 e. The van der Waals surface area contributed by atoms with Crippen molar-refractivity contribution < 1.29 is 19.8 Å². The zero-order valence-electron chi connectivity index (χ0n) is 16.3. The summed E-state index contributed by atoms with van der Waals surface area (Å²) in [6.45, 7) is 7.65. The Labute approximate surface area is 165 Å². The molecule has 0 amide bonds. The molecule has 1 aromatic carbocycles. The molecule has 0 heterocycles. The summed E-state index contributed by atoms with van der Waals surface area (Å²) < 4.78 is 0. The second kappa shape index (κ2) is 8.75. The molecular formula is C22H27ClO4. The van der Waals surface area contributed by atoms with Gasteiger partial charge < -0.3 is 10.2 Å². The monoisotopic (exact) mass is 390 g/mol. The average molecular weight is 391 g/mol. The van der Waals surface area contributed by atoms with Crippen LogP contribution in [0.25, 0.3) is 0 Å². The second-order valence-electron chi connectivity index (χ2n) is 7.51. The van der Waals surface area contributed by atoms with Crippen molar-refractivity contribution in [2.24, 2.45) is 17.8 Å². The van der Waals surface area contributed by atoms with E-state index in [-0.39, 0.29) is 45.9 Å². The van der Waals surface area contributed by atoms with Gasteiger partial charge in [-0.05, 0) is 44.1 Å². The molecule has 2 N–H and O–H groups in total. The van der Waals surface area contributed by atoms with Crippen LogP contribution in [0.2, 0.25) is 5.02 Å². The molecule has 1 saturated carbocycles. The highest BCUT2D eigenvalue weighted by atomic mass is 35.5. The number of carbonyl (C=O) groups excluding carboxylic acids is 2. The van der Waals surface area contributed by atoms with Gasteiger partial charge in [-0.2, -0.15) is 0 Å². The topological polar surface area (TPSA) is 74.6 Å². The Morgan fingerprint density at radius 3 is 2.56 bits per heavy atom. The van der Waals surface area contributed by atoms with E-state index >= 15 is 0 Å². The Balaban J connectivity index is 2.22. The minimum Gasteiger partial charge on any atom is -0.507 e. The minimum absolute atomic E-state index is 0.0249. The molecule has 0 aromatic heterocycles. The third kappa shape index (κ3) is 4.44. The van der Waals surface area contributed by atoms with Crippen molar-refractivity contribution >= 4 is 23.7 Å². The Morgan fingerprint density at radius 1 is 1.26 bits per heavy atom. The normalized spacial score (nSPS) is 23.8. The zero-order valence-corrected chi connectivity index (χ0v) is 17.0. The van der Waals surface area contributed by atoms with Crippen LogP contribution in [0.4, 0.5) is 0 Å². The number of phenolic OH excluding ortho intramolecular Hbond substituents is 2. The summed E-state index contributed by atoms with van der Waals surface area (Å²) in [4.78, 5) is 23.2. The van der Waals surface area contributed by atoms with Gasteiger partial charge in [-0.15, -0.1) is 0 Å². The molecule has 5 heteroatoms.